The Balaban J connectivity index is 1.16. The van der Waals surface area contributed by atoms with Crippen LogP contribution in [0.5, 0.6) is 11.5 Å². The van der Waals surface area contributed by atoms with Gasteiger partial charge in [0.25, 0.3) is 0 Å². The number of alkyl carbamates (subject to hydrolysis) is 1. The lowest BCUT2D eigenvalue weighted by Crippen LogP contribution is -2.51. The van der Waals surface area contributed by atoms with Crippen molar-refractivity contribution >= 4 is 29.7 Å². The Hall–Kier alpha value is -4.84. The highest BCUT2D eigenvalue weighted by Gasteiger charge is 2.44. The molecule has 0 bridgehead atoms. The maximum atomic E-state index is 14.3. The predicted molar refractivity (Wildman–Crippen MR) is 239 cm³/mol. The molecule has 4 aromatic rings. The maximum absolute atomic E-state index is 14.3. The van der Waals surface area contributed by atoms with Crippen molar-refractivity contribution in [2.75, 3.05) is 39.8 Å². The molecule has 4 aromatic carbocycles. The molecule has 0 spiro atoms. The topological polar surface area (TPSA) is 195 Å². The molecule has 0 aromatic heterocycles. The summed E-state index contributed by atoms with van der Waals surface area (Å²) in [6.07, 6.45) is -4.08. The molecule has 2 saturated heterocycles. The van der Waals surface area contributed by atoms with Crippen LogP contribution in [0.2, 0.25) is 0 Å². The molecule has 18 heteroatoms. The number of amides is 1. The van der Waals surface area contributed by atoms with Gasteiger partial charge in [0.1, 0.15) is 24.2 Å². The minimum atomic E-state index is -4.11. The molecule has 2 heterocycles. The summed E-state index contributed by atoms with van der Waals surface area (Å²) in [5.74, 6) is -0.152. The number of aliphatic hydroxyl groups is 1. The average molecular weight is 939 g/mol. The number of fused-ring (bicyclic) bond motifs is 1. The summed E-state index contributed by atoms with van der Waals surface area (Å²) in [7, 11) is -6.72. The zero-order valence-electron chi connectivity index (χ0n) is 37.1. The van der Waals surface area contributed by atoms with Gasteiger partial charge in [0.2, 0.25) is 10.0 Å². The van der Waals surface area contributed by atoms with Crippen LogP contribution in [0.15, 0.2) is 114 Å². The third-order valence-electron chi connectivity index (χ3n) is 10.9. The minimum Gasteiger partial charge on any atom is -0.497 e. The van der Waals surface area contributed by atoms with E-state index in [2.05, 4.69) is 5.32 Å². The molecule has 2 aliphatic rings. The lowest BCUT2D eigenvalue weighted by Gasteiger charge is -2.31. The summed E-state index contributed by atoms with van der Waals surface area (Å²) in [6, 6.07) is 29.8. The van der Waals surface area contributed by atoms with E-state index in [0.717, 1.165) is 11.1 Å². The van der Waals surface area contributed by atoms with Gasteiger partial charge in [-0.2, -0.15) is 4.31 Å². The van der Waals surface area contributed by atoms with Crippen molar-refractivity contribution < 1.29 is 65.1 Å². The van der Waals surface area contributed by atoms with Crippen molar-refractivity contribution in [2.45, 2.75) is 88.8 Å². The normalized spacial score (nSPS) is 19.5. The van der Waals surface area contributed by atoms with E-state index in [9.17, 15) is 27.7 Å². The Morgan fingerprint density at radius 1 is 0.862 bits per heavy atom. The van der Waals surface area contributed by atoms with Crippen LogP contribution in [0.4, 0.5) is 4.79 Å². The van der Waals surface area contributed by atoms with Crippen LogP contribution >= 0.6 is 7.60 Å². The SMILES string of the molecule is CC[C@H](OP(=O)(COc1ccc(C[C@H](NC(=O)O[C@H]2CO[C@H]3OCCC32)[C@H](O)CN(CC(C)C)S(=O)(=O)c2ccc(OC)cc2)cc1)OCc1ccccc1)C(=O)OCc1ccccc1. The molecular formula is C47H59N2O14PS. The lowest BCUT2D eigenvalue weighted by molar-refractivity contribution is -0.154. The molecule has 16 nitrogen and oxygen atoms in total. The molecule has 7 atom stereocenters. The lowest BCUT2D eigenvalue weighted by atomic mass is 10.0. The zero-order valence-corrected chi connectivity index (χ0v) is 38.8. The van der Waals surface area contributed by atoms with Crippen molar-refractivity contribution in [3.63, 3.8) is 0 Å². The molecule has 0 saturated carbocycles. The van der Waals surface area contributed by atoms with Gasteiger partial charge >= 0.3 is 19.7 Å². The van der Waals surface area contributed by atoms with Crippen molar-refractivity contribution in [1.82, 2.24) is 9.62 Å². The van der Waals surface area contributed by atoms with Crippen LogP contribution in [0.3, 0.4) is 0 Å². The van der Waals surface area contributed by atoms with E-state index in [4.69, 9.17) is 37.5 Å². The van der Waals surface area contributed by atoms with Crippen LogP contribution in [0, 0.1) is 11.8 Å². The summed E-state index contributed by atoms with van der Waals surface area (Å²) in [6.45, 7) is 5.77. The second-order valence-corrected chi connectivity index (χ2v) is 20.2. The van der Waals surface area contributed by atoms with Crippen LogP contribution < -0.4 is 14.8 Å². The highest BCUT2D eigenvalue weighted by Crippen LogP contribution is 2.51. The van der Waals surface area contributed by atoms with Gasteiger partial charge in [-0.05, 0) is 78.3 Å². The van der Waals surface area contributed by atoms with Gasteiger partial charge in [-0.1, -0.05) is 93.6 Å². The summed E-state index contributed by atoms with van der Waals surface area (Å²) in [5, 5.41) is 14.6. The highest BCUT2D eigenvalue weighted by molar-refractivity contribution is 7.89. The first-order valence-electron chi connectivity index (χ1n) is 21.7. The van der Waals surface area contributed by atoms with E-state index < -0.39 is 66.7 Å². The first-order valence-corrected chi connectivity index (χ1v) is 24.8. The smallest absolute Gasteiger partial charge is 0.407 e. The number of aliphatic hydroxyl groups excluding tert-OH is 1. The molecule has 0 aliphatic carbocycles. The van der Waals surface area contributed by atoms with Crippen molar-refractivity contribution in [3.05, 3.63) is 126 Å². The number of nitrogens with one attached hydrogen (secondary N) is 1. The van der Waals surface area contributed by atoms with Gasteiger partial charge < -0.3 is 43.4 Å². The van der Waals surface area contributed by atoms with E-state index in [0.29, 0.717) is 24.3 Å². The number of benzene rings is 4. The molecule has 2 N–H and O–H groups in total. The maximum Gasteiger partial charge on any atom is 0.407 e. The standard InChI is InChI=1S/C47H59N2O14PS/c1-5-43(45(51)58-29-35-12-8-6-9-13-35)63-64(53,61-30-36-14-10-7-11-15-36)32-60-38-18-16-34(17-19-38)26-41(48-47(52)62-44-31-59-46-40(44)24-25-57-46)42(50)28-49(27-33(2)3)65(54,55)39-22-20-37(56-4)21-23-39/h6-23,33,40-44,46,50H,5,24-32H2,1-4H3,(H,48,52)/t40?,41-,42+,43-,44-,46+,64?/m0/s1. The number of hydrogen-bond donors (Lipinski definition) is 2. The Morgan fingerprint density at radius 3 is 2.14 bits per heavy atom. The van der Waals surface area contributed by atoms with Crippen molar-refractivity contribution in [1.29, 1.82) is 0 Å². The minimum absolute atomic E-state index is 0.0108. The third-order valence-corrected chi connectivity index (χ3v) is 14.2. The number of rotatable bonds is 24. The first-order chi connectivity index (χ1) is 31.2. The van der Waals surface area contributed by atoms with E-state index in [1.54, 1.807) is 55.5 Å². The van der Waals surface area contributed by atoms with E-state index in [1.807, 2.05) is 62.4 Å². The van der Waals surface area contributed by atoms with Crippen LogP contribution in [0.1, 0.15) is 50.3 Å². The van der Waals surface area contributed by atoms with Crippen LogP contribution in [-0.2, 0) is 67.0 Å². The monoisotopic (exact) mass is 938 g/mol. The van der Waals surface area contributed by atoms with Crippen molar-refractivity contribution in [2.24, 2.45) is 11.8 Å². The molecule has 2 fully saturated rings. The van der Waals surface area contributed by atoms with Gasteiger partial charge in [-0.25, -0.2) is 18.0 Å². The largest absolute Gasteiger partial charge is 0.497 e. The third kappa shape index (κ3) is 14.3. The summed E-state index contributed by atoms with van der Waals surface area (Å²) in [5.41, 5.74) is 2.15. The number of nitrogens with zero attached hydrogens (tertiary/aromatic N) is 1. The van der Waals surface area contributed by atoms with E-state index >= 15 is 0 Å². The fourth-order valence-electron chi connectivity index (χ4n) is 7.34. The molecule has 2 unspecified atom stereocenters. The number of methoxy groups -OCH3 is 1. The molecular weight excluding hydrogens is 880 g/mol. The van der Waals surface area contributed by atoms with Gasteiger partial charge in [0.15, 0.2) is 18.7 Å². The summed E-state index contributed by atoms with van der Waals surface area (Å²) >= 11 is 0. The van der Waals surface area contributed by atoms with Crippen molar-refractivity contribution in [3.8, 4) is 11.5 Å². The molecule has 352 valence electrons. The van der Waals surface area contributed by atoms with E-state index in [-0.39, 0.29) is 68.2 Å². The Morgan fingerprint density at radius 2 is 1.51 bits per heavy atom. The Labute approximate surface area is 381 Å². The van der Waals surface area contributed by atoms with Crippen LogP contribution in [-0.4, -0.2) is 100 Å². The molecule has 6 rings (SSSR count). The number of hydrogen-bond acceptors (Lipinski definition) is 14. The van der Waals surface area contributed by atoms with Gasteiger partial charge in [-0.15, -0.1) is 0 Å². The fraction of sp³-hybridized carbons (Fsp3) is 0.447. The average Bonchev–Trinajstić information content (AvgIpc) is 3.94. The van der Waals surface area contributed by atoms with Gasteiger partial charge in [0, 0.05) is 13.1 Å². The van der Waals surface area contributed by atoms with E-state index in [1.165, 1.54) is 23.5 Å². The number of esters is 1. The highest BCUT2D eigenvalue weighted by atomic mass is 32.2. The van der Waals surface area contributed by atoms with Gasteiger partial charge in [-0.3, -0.25) is 9.09 Å². The van der Waals surface area contributed by atoms with Gasteiger partial charge in [0.05, 0.1) is 49.9 Å². The molecule has 0 radical (unpaired) electrons. The molecule has 1 amide bonds. The number of ether oxygens (including phenoxy) is 6. The molecule has 2 aliphatic heterocycles. The quantitative estimate of drug-likeness (QED) is 0.0534. The number of sulfonamides is 1. The summed E-state index contributed by atoms with van der Waals surface area (Å²) in [4.78, 5) is 26.6. The summed E-state index contributed by atoms with van der Waals surface area (Å²) < 4.78 is 88.9. The molecule has 65 heavy (non-hydrogen) atoms. The second kappa shape index (κ2) is 23.6. The first kappa shape index (κ1) is 49.6. The second-order valence-electron chi connectivity index (χ2n) is 16.3. The number of carbonyl (C=O) groups is 2. The zero-order chi connectivity index (χ0) is 46.4. The Kier molecular flexibility index (Phi) is 18.0. The fourth-order valence-corrected chi connectivity index (χ4v) is 10.4. The van der Waals surface area contributed by atoms with Crippen LogP contribution in [0.25, 0.3) is 0 Å². The number of carbonyl (C=O) groups excluding carboxylic acids is 2. The predicted octanol–water partition coefficient (Wildman–Crippen LogP) is 7.09. The Bertz CT molecular complexity index is 2270.